The molecule has 5 nitrogen and oxygen atoms in total. The van der Waals surface area contributed by atoms with Crippen LogP contribution in [0, 0.1) is 6.92 Å². The van der Waals surface area contributed by atoms with E-state index in [0.717, 1.165) is 64.7 Å². The zero-order chi connectivity index (χ0) is 18.4. The highest BCUT2D eigenvalue weighted by molar-refractivity contribution is 8.00. The first-order chi connectivity index (χ1) is 12.7. The van der Waals surface area contributed by atoms with Crippen LogP contribution in [0.4, 0.5) is 5.69 Å². The fourth-order valence-corrected chi connectivity index (χ4v) is 4.56. The maximum atomic E-state index is 5.55. The standard InChI is InChI=1S/C20H32N4OS/c1-17-5-4-6-18(15-17)23-9-11-24(12-10-23)19(21-2)22-16-20(26-3)7-13-25-14-8-20/h4-6,15H,7-14,16H2,1-3H3,(H,21,22). The largest absolute Gasteiger partial charge is 0.381 e. The summed E-state index contributed by atoms with van der Waals surface area (Å²) in [7, 11) is 1.89. The van der Waals surface area contributed by atoms with E-state index in [9.17, 15) is 0 Å². The van der Waals surface area contributed by atoms with Gasteiger partial charge in [-0.2, -0.15) is 11.8 Å². The Kier molecular flexibility index (Phi) is 6.70. The first kappa shape index (κ1) is 19.4. The first-order valence-electron chi connectivity index (χ1n) is 9.56. The maximum absolute atomic E-state index is 5.55. The molecule has 0 atom stereocenters. The molecule has 1 N–H and O–H groups in total. The molecule has 0 aromatic heterocycles. The van der Waals surface area contributed by atoms with Crippen molar-refractivity contribution < 1.29 is 4.74 Å². The highest BCUT2D eigenvalue weighted by Crippen LogP contribution is 2.33. The smallest absolute Gasteiger partial charge is 0.193 e. The van der Waals surface area contributed by atoms with E-state index in [1.807, 2.05) is 18.8 Å². The number of nitrogens with one attached hydrogen (secondary N) is 1. The van der Waals surface area contributed by atoms with Crippen LogP contribution in [0.2, 0.25) is 0 Å². The number of nitrogens with zero attached hydrogens (tertiary/aromatic N) is 3. The van der Waals surface area contributed by atoms with Gasteiger partial charge in [-0.1, -0.05) is 12.1 Å². The number of guanidine groups is 1. The number of hydrogen-bond acceptors (Lipinski definition) is 4. The van der Waals surface area contributed by atoms with Crippen molar-refractivity contribution in [1.82, 2.24) is 10.2 Å². The molecule has 3 rings (SSSR count). The van der Waals surface area contributed by atoms with Crippen LogP contribution in [0.5, 0.6) is 0 Å². The lowest BCUT2D eigenvalue weighted by Crippen LogP contribution is -2.55. The number of thioether (sulfide) groups is 1. The second-order valence-electron chi connectivity index (χ2n) is 7.21. The average Bonchev–Trinajstić information content (AvgIpc) is 2.70. The second kappa shape index (κ2) is 9.00. The van der Waals surface area contributed by atoms with E-state index in [4.69, 9.17) is 4.74 Å². The number of rotatable bonds is 4. The van der Waals surface area contributed by atoms with Crippen LogP contribution in [-0.4, -0.2) is 74.8 Å². The van der Waals surface area contributed by atoms with Gasteiger partial charge in [-0.05, 0) is 43.7 Å². The lowest BCUT2D eigenvalue weighted by atomic mass is 9.99. The minimum Gasteiger partial charge on any atom is -0.381 e. The third-order valence-electron chi connectivity index (χ3n) is 5.56. The highest BCUT2D eigenvalue weighted by atomic mass is 32.2. The van der Waals surface area contributed by atoms with E-state index in [1.165, 1.54) is 11.3 Å². The molecule has 0 radical (unpaired) electrons. The molecular weight excluding hydrogens is 344 g/mol. The molecule has 6 heteroatoms. The van der Waals surface area contributed by atoms with Crippen LogP contribution in [0.15, 0.2) is 29.3 Å². The average molecular weight is 377 g/mol. The van der Waals surface area contributed by atoms with E-state index in [0.29, 0.717) is 0 Å². The fourth-order valence-electron chi connectivity index (χ4n) is 3.77. The van der Waals surface area contributed by atoms with Crippen molar-refractivity contribution in [3.8, 4) is 0 Å². The summed E-state index contributed by atoms with van der Waals surface area (Å²) in [5.41, 5.74) is 2.65. The maximum Gasteiger partial charge on any atom is 0.193 e. The molecule has 0 spiro atoms. The van der Waals surface area contributed by atoms with E-state index in [1.54, 1.807) is 0 Å². The molecule has 144 valence electrons. The lowest BCUT2D eigenvalue weighted by Gasteiger charge is -2.40. The summed E-state index contributed by atoms with van der Waals surface area (Å²) >= 11 is 1.97. The van der Waals surface area contributed by atoms with Crippen molar-refractivity contribution >= 4 is 23.4 Å². The minimum absolute atomic E-state index is 0.275. The van der Waals surface area contributed by atoms with Gasteiger partial charge >= 0.3 is 0 Å². The number of hydrogen-bond donors (Lipinski definition) is 1. The van der Waals surface area contributed by atoms with E-state index < -0.39 is 0 Å². The van der Waals surface area contributed by atoms with Gasteiger partial charge in [0.15, 0.2) is 5.96 Å². The molecule has 2 heterocycles. The summed E-state index contributed by atoms with van der Waals surface area (Å²) < 4.78 is 5.83. The van der Waals surface area contributed by atoms with Gasteiger partial charge in [-0.3, -0.25) is 4.99 Å². The van der Waals surface area contributed by atoms with Gasteiger partial charge < -0.3 is 19.9 Å². The molecule has 26 heavy (non-hydrogen) atoms. The summed E-state index contributed by atoms with van der Waals surface area (Å²) in [6.07, 6.45) is 4.44. The predicted octanol–water partition coefficient (Wildman–Crippen LogP) is 2.60. The van der Waals surface area contributed by atoms with Gasteiger partial charge in [0.2, 0.25) is 0 Å². The van der Waals surface area contributed by atoms with Crippen molar-refractivity contribution in [1.29, 1.82) is 0 Å². The third kappa shape index (κ3) is 4.65. The Hall–Kier alpha value is -1.40. The van der Waals surface area contributed by atoms with Gasteiger partial charge in [0.1, 0.15) is 0 Å². The molecule has 1 aromatic carbocycles. The molecule has 2 saturated heterocycles. The zero-order valence-electron chi connectivity index (χ0n) is 16.3. The Morgan fingerprint density at radius 3 is 2.58 bits per heavy atom. The van der Waals surface area contributed by atoms with Crippen LogP contribution in [0.1, 0.15) is 18.4 Å². The van der Waals surface area contributed by atoms with Gasteiger partial charge in [-0.25, -0.2) is 0 Å². The third-order valence-corrected chi connectivity index (χ3v) is 6.98. The van der Waals surface area contributed by atoms with Crippen LogP contribution in [0.3, 0.4) is 0 Å². The van der Waals surface area contributed by atoms with Crippen molar-refractivity contribution in [2.24, 2.45) is 4.99 Å². The van der Waals surface area contributed by atoms with Crippen molar-refractivity contribution in [2.45, 2.75) is 24.5 Å². The molecule has 2 fully saturated rings. The predicted molar refractivity (Wildman–Crippen MR) is 113 cm³/mol. The summed E-state index contributed by atoms with van der Waals surface area (Å²) in [5.74, 6) is 1.04. The van der Waals surface area contributed by atoms with Gasteiger partial charge in [-0.15, -0.1) is 0 Å². The molecule has 2 aliphatic heterocycles. The SMILES string of the molecule is CN=C(NCC1(SC)CCOCC1)N1CCN(c2cccc(C)c2)CC1. The Balaban J connectivity index is 1.53. The molecule has 0 saturated carbocycles. The first-order valence-corrected chi connectivity index (χ1v) is 10.8. The number of benzene rings is 1. The molecule has 0 aliphatic carbocycles. The van der Waals surface area contributed by atoms with Crippen LogP contribution in [-0.2, 0) is 4.74 Å². The van der Waals surface area contributed by atoms with Gasteiger partial charge in [0.25, 0.3) is 0 Å². The Morgan fingerprint density at radius 1 is 1.23 bits per heavy atom. The van der Waals surface area contributed by atoms with Crippen molar-refractivity contribution in [3.63, 3.8) is 0 Å². The zero-order valence-corrected chi connectivity index (χ0v) is 17.1. The van der Waals surface area contributed by atoms with Gasteiger partial charge in [0.05, 0.1) is 0 Å². The monoisotopic (exact) mass is 376 g/mol. The Morgan fingerprint density at radius 2 is 1.96 bits per heavy atom. The minimum atomic E-state index is 0.275. The molecular formula is C20H32N4OS. The molecule has 1 aromatic rings. The molecule has 0 amide bonds. The number of aliphatic imine (C=N–C) groups is 1. The number of aryl methyl sites for hydroxylation is 1. The van der Waals surface area contributed by atoms with E-state index >= 15 is 0 Å². The number of piperazine rings is 1. The summed E-state index contributed by atoms with van der Waals surface area (Å²) in [4.78, 5) is 9.41. The van der Waals surface area contributed by atoms with Crippen LogP contribution in [0.25, 0.3) is 0 Å². The molecule has 0 bridgehead atoms. The summed E-state index contributed by atoms with van der Waals surface area (Å²) in [6, 6.07) is 8.79. The van der Waals surface area contributed by atoms with Crippen LogP contribution >= 0.6 is 11.8 Å². The Labute approximate surface area is 162 Å². The normalized spacial score (nSPS) is 21.0. The van der Waals surface area contributed by atoms with Gasteiger partial charge in [0, 0.05) is 63.4 Å². The highest BCUT2D eigenvalue weighted by Gasteiger charge is 2.32. The molecule has 2 aliphatic rings. The van der Waals surface area contributed by atoms with Crippen LogP contribution < -0.4 is 10.2 Å². The summed E-state index contributed by atoms with van der Waals surface area (Å²) in [6.45, 7) is 8.93. The van der Waals surface area contributed by atoms with E-state index in [-0.39, 0.29) is 4.75 Å². The second-order valence-corrected chi connectivity index (χ2v) is 8.49. The topological polar surface area (TPSA) is 40.1 Å². The fraction of sp³-hybridized carbons (Fsp3) is 0.650. The number of ether oxygens (including phenoxy) is 1. The van der Waals surface area contributed by atoms with Crippen molar-refractivity contribution in [3.05, 3.63) is 29.8 Å². The lowest BCUT2D eigenvalue weighted by molar-refractivity contribution is 0.0781. The van der Waals surface area contributed by atoms with Crippen molar-refractivity contribution in [2.75, 3.05) is 64.1 Å². The Bertz CT molecular complexity index is 608. The number of anilines is 1. The van der Waals surface area contributed by atoms with E-state index in [2.05, 4.69) is 57.6 Å². The summed E-state index contributed by atoms with van der Waals surface area (Å²) in [5, 5.41) is 3.65. The quantitative estimate of drug-likeness (QED) is 0.646. The molecule has 0 unspecified atom stereocenters.